The summed E-state index contributed by atoms with van der Waals surface area (Å²) in [6.45, 7) is 3.08. The second kappa shape index (κ2) is 9.49. The zero-order valence-electron chi connectivity index (χ0n) is 19.8. The number of hydrogen-bond acceptors (Lipinski definition) is 7. The second-order valence-electron chi connectivity index (χ2n) is 9.65. The van der Waals surface area contributed by atoms with Crippen LogP contribution < -0.4 is 5.32 Å². The predicted octanol–water partition coefficient (Wildman–Crippen LogP) is 1.47. The van der Waals surface area contributed by atoms with Crippen LogP contribution in [-0.2, 0) is 39.6 Å². The first-order chi connectivity index (χ1) is 16.9. The minimum absolute atomic E-state index is 0.204. The van der Waals surface area contributed by atoms with Crippen molar-refractivity contribution < 1.29 is 24.2 Å². The summed E-state index contributed by atoms with van der Waals surface area (Å²) in [5, 5.41) is 13.7. The van der Waals surface area contributed by atoms with Crippen molar-refractivity contribution >= 4 is 17.7 Å². The number of pyridine rings is 1. The van der Waals surface area contributed by atoms with Crippen LogP contribution in [0.15, 0.2) is 36.4 Å². The summed E-state index contributed by atoms with van der Waals surface area (Å²) in [6.07, 6.45) is 1.62. The van der Waals surface area contributed by atoms with Crippen molar-refractivity contribution in [2.24, 2.45) is 0 Å². The van der Waals surface area contributed by atoms with Gasteiger partial charge < -0.3 is 14.7 Å². The van der Waals surface area contributed by atoms with Gasteiger partial charge in [0, 0.05) is 33.2 Å². The van der Waals surface area contributed by atoms with Crippen molar-refractivity contribution in [3.05, 3.63) is 64.5 Å². The highest BCUT2D eigenvalue weighted by atomic mass is 16.5. The number of likely N-dealkylation sites (tertiary alicyclic amines) is 1. The number of amides is 3. The summed E-state index contributed by atoms with van der Waals surface area (Å²) < 4.78 is 5.17. The van der Waals surface area contributed by atoms with Crippen LogP contribution in [0, 0.1) is 0 Å². The number of hydrogen-bond donors (Lipinski definition) is 2. The van der Waals surface area contributed by atoms with Gasteiger partial charge in [-0.3, -0.25) is 29.6 Å². The third kappa shape index (κ3) is 4.71. The Labute approximate surface area is 204 Å². The molecule has 9 nitrogen and oxygen atoms in total. The molecule has 1 atom stereocenters. The molecule has 0 saturated carbocycles. The number of nitrogens with one attached hydrogen (secondary N) is 1. The molecule has 35 heavy (non-hydrogen) atoms. The Balaban J connectivity index is 1.23. The summed E-state index contributed by atoms with van der Waals surface area (Å²) in [7, 11) is 1.69. The monoisotopic (exact) mass is 478 g/mol. The molecule has 3 aliphatic heterocycles. The fourth-order valence-corrected chi connectivity index (χ4v) is 5.20. The van der Waals surface area contributed by atoms with Gasteiger partial charge in [0.15, 0.2) is 0 Å². The molecule has 5 rings (SSSR count). The molecule has 0 aliphatic carbocycles. The van der Waals surface area contributed by atoms with Gasteiger partial charge in [-0.1, -0.05) is 24.3 Å². The molecule has 1 aromatic heterocycles. The van der Waals surface area contributed by atoms with E-state index in [1.165, 1.54) is 10.5 Å². The van der Waals surface area contributed by atoms with E-state index in [4.69, 9.17) is 4.74 Å². The van der Waals surface area contributed by atoms with Crippen LogP contribution in [-0.4, -0.2) is 63.9 Å². The molecule has 2 saturated heterocycles. The summed E-state index contributed by atoms with van der Waals surface area (Å²) in [6, 6.07) is 11.1. The van der Waals surface area contributed by atoms with E-state index in [-0.39, 0.29) is 24.8 Å². The predicted molar refractivity (Wildman–Crippen MR) is 126 cm³/mol. The van der Waals surface area contributed by atoms with Gasteiger partial charge in [-0.2, -0.15) is 0 Å². The first-order valence-electron chi connectivity index (χ1n) is 12.0. The normalized spacial score (nSPS) is 22.3. The molecule has 3 aliphatic rings. The highest BCUT2D eigenvalue weighted by Gasteiger charge is 2.41. The van der Waals surface area contributed by atoms with Crippen molar-refractivity contribution in [2.45, 2.75) is 57.0 Å². The summed E-state index contributed by atoms with van der Waals surface area (Å²) >= 11 is 0. The topological polar surface area (TPSA) is 112 Å². The molecule has 184 valence electrons. The van der Waals surface area contributed by atoms with Crippen LogP contribution in [0.2, 0.25) is 0 Å². The van der Waals surface area contributed by atoms with E-state index < -0.39 is 17.6 Å². The van der Waals surface area contributed by atoms with Gasteiger partial charge in [0.25, 0.3) is 5.91 Å². The van der Waals surface area contributed by atoms with E-state index in [2.05, 4.69) is 39.5 Å². The van der Waals surface area contributed by atoms with Gasteiger partial charge in [-0.05, 0) is 42.5 Å². The molecule has 0 spiro atoms. The lowest BCUT2D eigenvalue weighted by Crippen LogP contribution is -2.52. The quantitative estimate of drug-likeness (QED) is 0.605. The zero-order chi connectivity index (χ0) is 24.6. The molecule has 4 heterocycles. The Morgan fingerprint density at radius 2 is 1.80 bits per heavy atom. The lowest BCUT2D eigenvalue weighted by atomic mass is 9.87. The van der Waals surface area contributed by atoms with E-state index in [1.54, 1.807) is 19.2 Å². The van der Waals surface area contributed by atoms with E-state index in [1.807, 2.05) is 0 Å². The van der Waals surface area contributed by atoms with Crippen molar-refractivity contribution in [3.63, 3.8) is 0 Å². The third-order valence-electron chi connectivity index (χ3n) is 7.27. The van der Waals surface area contributed by atoms with E-state index in [0.29, 0.717) is 42.8 Å². The maximum Gasteiger partial charge on any atom is 0.256 e. The van der Waals surface area contributed by atoms with Crippen LogP contribution in [0.3, 0.4) is 0 Å². The zero-order valence-corrected chi connectivity index (χ0v) is 19.8. The maximum absolute atomic E-state index is 12.9. The van der Waals surface area contributed by atoms with E-state index >= 15 is 0 Å². The van der Waals surface area contributed by atoms with E-state index in [0.717, 1.165) is 25.2 Å². The SMILES string of the molecule is COCc1ccc(CN2CCC(O)(c3ccc4c(n3)CN(C3CCC(=O)NC3=O)C4=O)CC2)cc1. The van der Waals surface area contributed by atoms with Crippen LogP contribution in [0.5, 0.6) is 0 Å². The van der Waals surface area contributed by atoms with Crippen LogP contribution in [0.4, 0.5) is 0 Å². The number of ether oxygens (including phenoxy) is 1. The Morgan fingerprint density at radius 3 is 2.49 bits per heavy atom. The molecule has 2 fully saturated rings. The third-order valence-corrected chi connectivity index (χ3v) is 7.27. The number of piperidine rings is 2. The smallest absolute Gasteiger partial charge is 0.256 e. The highest BCUT2D eigenvalue weighted by molar-refractivity contribution is 6.05. The number of carbonyl (C=O) groups is 3. The minimum Gasteiger partial charge on any atom is -0.383 e. The number of aromatic nitrogens is 1. The number of aliphatic hydroxyl groups is 1. The molecule has 2 N–H and O–H groups in total. The highest BCUT2D eigenvalue weighted by Crippen LogP contribution is 2.34. The largest absolute Gasteiger partial charge is 0.383 e. The maximum atomic E-state index is 12.9. The van der Waals surface area contributed by atoms with E-state index in [9.17, 15) is 19.5 Å². The number of nitrogens with zero attached hydrogens (tertiary/aromatic N) is 3. The fraction of sp³-hybridized carbons (Fsp3) is 0.462. The molecule has 0 radical (unpaired) electrons. The van der Waals surface area contributed by atoms with Gasteiger partial charge in [0.2, 0.25) is 11.8 Å². The van der Waals surface area contributed by atoms with Crippen LogP contribution in [0.1, 0.15) is 58.6 Å². The van der Waals surface area contributed by atoms with Crippen LogP contribution >= 0.6 is 0 Å². The Hall–Kier alpha value is -3.14. The van der Waals surface area contributed by atoms with Gasteiger partial charge in [-0.25, -0.2) is 0 Å². The number of fused-ring (bicyclic) bond motifs is 1. The average molecular weight is 479 g/mol. The number of benzene rings is 1. The molecule has 2 aromatic rings. The molecular weight excluding hydrogens is 448 g/mol. The molecular formula is C26H30N4O5. The summed E-state index contributed by atoms with van der Waals surface area (Å²) in [5.74, 6) is -1.01. The van der Waals surface area contributed by atoms with Crippen molar-refractivity contribution in [1.82, 2.24) is 20.1 Å². The van der Waals surface area contributed by atoms with Gasteiger partial charge in [0.05, 0.1) is 30.1 Å². The number of imide groups is 1. The van der Waals surface area contributed by atoms with Crippen molar-refractivity contribution in [2.75, 3.05) is 20.2 Å². The Bertz CT molecular complexity index is 1140. The lowest BCUT2D eigenvalue weighted by Gasteiger charge is -2.38. The standard InChI is InChI=1S/C26H30N4O5/c1-35-16-18-4-2-17(3-5-18)14-29-12-10-26(34,11-13-29)22-8-6-19-20(27-22)15-30(25(19)33)21-7-9-23(31)28-24(21)32/h2-6,8,21,34H,7,9-16H2,1H3,(H,28,31,32). The molecule has 1 unspecified atom stereocenters. The van der Waals surface area contributed by atoms with Crippen LogP contribution in [0.25, 0.3) is 0 Å². The van der Waals surface area contributed by atoms with Gasteiger partial charge in [-0.15, -0.1) is 0 Å². The average Bonchev–Trinajstić information content (AvgIpc) is 3.17. The Morgan fingerprint density at radius 1 is 1.09 bits per heavy atom. The number of methoxy groups -OCH3 is 1. The molecule has 0 bridgehead atoms. The van der Waals surface area contributed by atoms with Crippen molar-refractivity contribution in [3.8, 4) is 0 Å². The first-order valence-corrected chi connectivity index (χ1v) is 12.0. The molecule has 1 aromatic carbocycles. The molecule has 3 amide bonds. The lowest BCUT2D eigenvalue weighted by molar-refractivity contribution is -0.136. The number of rotatable bonds is 6. The fourth-order valence-electron chi connectivity index (χ4n) is 5.20. The molecule has 9 heteroatoms. The first kappa shape index (κ1) is 23.6. The summed E-state index contributed by atoms with van der Waals surface area (Å²) in [5.41, 5.74) is 2.90. The Kier molecular flexibility index (Phi) is 6.39. The summed E-state index contributed by atoms with van der Waals surface area (Å²) in [4.78, 5) is 45.1. The minimum atomic E-state index is -1.06. The van der Waals surface area contributed by atoms with Gasteiger partial charge in [0.1, 0.15) is 11.6 Å². The van der Waals surface area contributed by atoms with Crippen molar-refractivity contribution in [1.29, 1.82) is 0 Å². The number of carbonyl (C=O) groups excluding carboxylic acids is 3. The second-order valence-corrected chi connectivity index (χ2v) is 9.65. The van der Waals surface area contributed by atoms with Gasteiger partial charge >= 0.3 is 0 Å².